The summed E-state index contributed by atoms with van der Waals surface area (Å²) in [5.41, 5.74) is 0.584. The van der Waals surface area contributed by atoms with Crippen molar-refractivity contribution in [2.24, 2.45) is 0 Å². The average Bonchev–Trinajstić information content (AvgIpc) is 2.62. The molecule has 0 unspecified atom stereocenters. The molecule has 21 heavy (non-hydrogen) atoms. The molecule has 1 saturated heterocycles. The zero-order chi connectivity index (χ0) is 15.5. The summed E-state index contributed by atoms with van der Waals surface area (Å²) in [7, 11) is -2.77. The minimum absolute atomic E-state index is 0.0245. The third kappa shape index (κ3) is 3.79. The number of allylic oxidation sites excluding steroid dienone is 1. The van der Waals surface area contributed by atoms with Gasteiger partial charge >= 0.3 is 16.3 Å². The Morgan fingerprint density at radius 1 is 1.33 bits per heavy atom. The number of carbonyl (C=O) groups is 1. The molecule has 0 amide bonds. The molecule has 8 heteroatoms. The molecular weight excluding hydrogens is 301 g/mol. The van der Waals surface area contributed by atoms with Crippen LogP contribution < -0.4 is 4.72 Å². The largest absolute Gasteiger partial charge is 0.465 e. The molecule has 1 aliphatic rings. The van der Waals surface area contributed by atoms with Gasteiger partial charge in [-0.3, -0.25) is 8.91 Å². The summed E-state index contributed by atoms with van der Waals surface area (Å²) in [4.78, 5) is 12.0. The van der Waals surface area contributed by atoms with Crippen LogP contribution in [0, 0.1) is 5.82 Å². The SMILES string of the molecule is COC(=O)/C(=C1/CCCOS(=O)(=O)N1)c1ccc(F)cc1. The van der Waals surface area contributed by atoms with E-state index in [-0.39, 0.29) is 17.9 Å². The molecule has 0 aliphatic carbocycles. The standard InChI is InChI=1S/C13H14FNO5S/c1-19-13(16)12(9-4-6-10(14)7-5-9)11-3-2-8-20-21(17,18)15-11/h4-7,15H,2-3,8H2,1H3/b12-11-. The lowest BCUT2D eigenvalue weighted by molar-refractivity contribution is -0.133. The Balaban J connectivity index is 2.55. The number of ether oxygens (including phenoxy) is 1. The van der Waals surface area contributed by atoms with Gasteiger partial charge in [-0.1, -0.05) is 12.1 Å². The van der Waals surface area contributed by atoms with E-state index in [0.29, 0.717) is 18.4 Å². The van der Waals surface area contributed by atoms with Gasteiger partial charge in [0.2, 0.25) is 0 Å². The van der Waals surface area contributed by atoms with Crippen LogP contribution in [0.15, 0.2) is 30.0 Å². The van der Waals surface area contributed by atoms with Gasteiger partial charge in [0, 0.05) is 5.70 Å². The molecular formula is C13H14FNO5S. The van der Waals surface area contributed by atoms with E-state index in [1.165, 1.54) is 31.4 Å². The van der Waals surface area contributed by atoms with Crippen molar-refractivity contribution in [3.8, 4) is 0 Å². The highest BCUT2D eigenvalue weighted by molar-refractivity contribution is 7.84. The van der Waals surface area contributed by atoms with E-state index >= 15 is 0 Å². The molecule has 1 aromatic rings. The van der Waals surface area contributed by atoms with Crippen molar-refractivity contribution < 1.29 is 26.5 Å². The molecule has 1 heterocycles. The molecule has 1 aliphatic heterocycles. The molecule has 1 aromatic carbocycles. The van der Waals surface area contributed by atoms with Gasteiger partial charge in [0.05, 0.1) is 19.3 Å². The van der Waals surface area contributed by atoms with Crippen molar-refractivity contribution in [1.29, 1.82) is 0 Å². The third-order valence-electron chi connectivity index (χ3n) is 2.88. The van der Waals surface area contributed by atoms with Crippen LogP contribution in [0.1, 0.15) is 18.4 Å². The number of hydrogen-bond donors (Lipinski definition) is 1. The van der Waals surface area contributed by atoms with Crippen LogP contribution in [0.2, 0.25) is 0 Å². The van der Waals surface area contributed by atoms with Crippen molar-refractivity contribution in [3.63, 3.8) is 0 Å². The Labute approximate surface area is 121 Å². The maximum atomic E-state index is 13.0. The van der Waals surface area contributed by atoms with Gasteiger partial charge in [-0.25, -0.2) is 9.18 Å². The van der Waals surface area contributed by atoms with E-state index in [1.807, 2.05) is 0 Å². The van der Waals surface area contributed by atoms with Crippen molar-refractivity contribution >= 4 is 21.8 Å². The minimum Gasteiger partial charge on any atom is -0.465 e. The van der Waals surface area contributed by atoms with Gasteiger partial charge in [-0.2, -0.15) is 8.42 Å². The molecule has 0 saturated carbocycles. The Morgan fingerprint density at radius 3 is 2.62 bits per heavy atom. The highest BCUT2D eigenvalue weighted by atomic mass is 32.2. The molecule has 0 atom stereocenters. The van der Waals surface area contributed by atoms with E-state index in [4.69, 9.17) is 4.74 Å². The third-order valence-corrected chi connectivity index (χ3v) is 3.86. The second-order valence-corrected chi connectivity index (χ2v) is 5.68. The maximum Gasteiger partial charge on any atom is 0.359 e. The van der Waals surface area contributed by atoms with Crippen LogP contribution in [0.3, 0.4) is 0 Å². The van der Waals surface area contributed by atoms with E-state index in [0.717, 1.165) is 0 Å². The second kappa shape index (κ2) is 6.23. The zero-order valence-electron chi connectivity index (χ0n) is 11.3. The summed E-state index contributed by atoms with van der Waals surface area (Å²) in [5.74, 6) is -1.17. The van der Waals surface area contributed by atoms with Crippen molar-refractivity contribution in [2.45, 2.75) is 12.8 Å². The number of methoxy groups -OCH3 is 1. The van der Waals surface area contributed by atoms with E-state index in [9.17, 15) is 17.6 Å². The lowest BCUT2D eigenvalue weighted by Gasteiger charge is -2.13. The first-order valence-electron chi connectivity index (χ1n) is 6.17. The van der Waals surface area contributed by atoms with Gasteiger partial charge in [0.1, 0.15) is 5.82 Å². The summed E-state index contributed by atoms with van der Waals surface area (Å²) in [6, 6.07) is 5.13. The summed E-state index contributed by atoms with van der Waals surface area (Å²) < 4.78 is 47.8. The van der Waals surface area contributed by atoms with Crippen molar-refractivity contribution in [2.75, 3.05) is 13.7 Å². The molecule has 2 rings (SSSR count). The van der Waals surface area contributed by atoms with Crippen LogP contribution >= 0.6 is 0 Å². The molecule has 0 spiro atoms. The van der Waals surface area contributed by atoms with Crippen LogP contribution in [0.5, 0.6) is 0 Å². The zero-order valence-corrected chi connectivity index (χ0v) is 12.1. The molecule has 0 aromatic heterocycles. The smallest absolute Gasteiger partial charge is 0.359 e. The molecule has 0 bridgehead atoms. The molecule has 6 nitrogen and oxygen atoms in total. The van der Waals surface area contributed by atoms with Gasteiger partial charge < -0.3 is 4.74 Å². The van der Waals surface area contributed by atoms with Crippen LogP contribution in [-0.2, 0) is 24.0 Å². The fourth-order valence-electron chi connectivity index (χ4n) is 1.96. The average molecular weight is 315 g/mol. The normalized spacial score (nSPS) is 20.1. The number of esters is 1. The number of nitrogens with one attached hydrogen (secondary N) is 1. The Morgan fingerprint density at radius 2 is 2.00 bits per heavy atom. The summed E-state index contributed by atoms with van der Waals surface area (Å²) >= 11 is 0. The van der Waals surface area contributed by atoms with Crippen LogP contribution in [-0.4, -0.2) is 28.1 Å². The lowest BCUT2D eigenvalue weighted by atomic mass is 10.0. The fraction of sp³-hybridized carbons (Fsp3) is 0.308. The second-order valence-electron chi connectivity index (χ2n) is 4.33. The predicted octanol–water partition coefficient (Wildman–Crippen LogP) is 1.35. The van der Waals surface area contributed by atoms with Crippen molar-refractivity contribution in [1.82, 2.24) is 4.72 Å². The number of benzene rings is 1. The first kappa shape index (κ1) is 15.5. The summed E-state index contributed by atoms with van der Waals surface area (Å²) in [5, 5.41) is 0. The lowest BCUT2D eigenvalue weighted by Crippen LogP contribution is -2.25. The van der Waals surface area contributed by atoms with Crippen LogP contribution in [0.4, 0.5) is 4.39 Å². The van der Waals surface area contributed by atoms with E-state index < -0.39 is 22.1 Å². The number of hydrogen-bond acceptors (Lipinski definition) is 5. The number of rotatable bonds is 2. The first-order valence-corrected chi connectivity index (χ1v) is 7.58. The predicted molar refractivity (Wildman–Crippen MR) is 72.6 cm³/mol. The molecule has 1 N–H and O–H groups in total. The van der Waals surface area contributed by atoms with E-state index in [2.05, 4.69) is 8.91 Å². The summed E-state index contributed by atoms with van der Waals surface area (Å²) in [6.45, 7) is 0.0245. The van der Waals surface area contributed by atoms with Gasteiger partial charge in [0.15, 0.2) is 0 Å². The van der Waals surface area contributed by atoms with Crippen molar-refractivity contribution in [3.05, 3.63) is 41.3 Å². The van der Waals surface area contributed by atoms with Gasteiger partial charge in [-0.15, -0.1) is 0 Å². The van der Waals surface area contributed by atoms with E-state index in [1.54, 1.807) is 0 Å². The Hall–Kier alpha value is -1.93. The highest BCUT2D eigenvalue weighted by Gasteiger charge is 2.24. The van der Waals surface area contributed by atoms with Gasteiger partial charge in [0.25, 0.3) is 0 Å². The minimum atomic E-state index is -3.96. The highest BCUT2D eigenvalue weighted by Crippen LogP contribution is 2.24. The fourth-order valence-corrected chi connectivity index (χ4v) is 2.86. The molecule has 1 fully saturated rings. The molecule has 114 valence electrons. The first-order chi connectivity index (χ1) is 9.93. The Kier molecular flexibility index (Phi) is 4.59. The quantitative estimate of drug-likeness (QED) is 0.658. The monoisotopic (exact) mass is 315 g/mol. The summed E-state index contributed by atoms with van der Waals surface area (Å²) in [6.07, 6.45) is 0.713. The van der Waals surface area contributed by atoms with Gasteiger partial charge in [-0.05, 0) is 30.5 Å². The number of carbonyl (C=O) groups excluding carboxylic acids is 1. The Bertz CT molecular complexity index is 666. The van der Waals surface area contributed by atoms with Crippen LogP contribution in [0.25, 0.3) is 5.57 Å². The topological polar surface area (TPSA) is 81.7 Å². The number of halogens is 1. The molecule has 0 radical (unpaired) electrons. The maximum absolute atomic E-state index is 13.0.